The highest BCUT2D eigenvalue weighted by atomic mass is 35.5. The first-order chi connectivity index (χ1) is 3.66. The van der Waals surface area contributed by atoms with Crippen molar-refractivity contribution in [1.82, 2.24) is 4.31 Å². The maximum Gasteiger partial charge on any atom is 0.0148 e. The summed E-state index contributed by atoms with van der Waals surface area (Å²) >= 11 is 7.00. The number of halogens is 1. The molecule has 0 radical (unpaired) electrons. The van der Waals surface area contributed by atoms with Crippen LogP contribution in [0.1, 0.15) is 6.92 Å². The van der Waals surface area contributed by atoms with Gasteiger partial charge in [-0.1, -0.05) is 11.6 Å². The second-order valence-corrected chi connectivity index (χ2v) is 3.40. The molecule has 0 N–H and O–H groups in total. The van der Waals surface area contributed by atoms with Gasteiger partial charge in [0.2, 0.25) is 0 Å². The van der Waals surface area contributed by atoms with Crippen molar-refractivity contribution in [3.05, 3.63) is 10.4 Å². The fourth-order valence-corrected chi connectivity index (χ4v) is 1.04. The third kappa shape index (κ3) is 4.50. The van der Waals surface area contributed by atoms with E-state index in [1.807, 2.05) is 25.3 Å². The van der Waals surface area contributed by atoms with Crippen LogP contribution in [0.2, 0.25) is 0 Å². The van der Waals surface area contributed by atoms with Gasteiger partial charge >= 0.3 is 0 Å². The Kier molecular flexibility index (Phi) is 4.42. The van der Waals surface area contributed by atoms with Crippen molar-refractivity contribution >= 4 is 23.5 Å². The molecule has 48 valence electrons. The molecule has 0 aromatic rings. The molecule has 0 aliphatic carbocycles. The number of hydrogen-bond donors (Lipinski definition) is 0. The van der Waals surface area contributed by atoms with E-state index in [1.165, 1.54) is 0 Å². The minimum atomic E-state index is 1.11. The number of allylic oxidation sites excluding steroid dienone is 1. The fourth-order valence-electron chi connectivity index (χ4n) is 0.308. The first-order valence-corrected chi connectivity index (χ1v) is 3.50. The van der Waals surface area contributed by atoms with E-state index in [0.29, 0.717) is 0 Å². The molecule has 0 saturated carbocycles. The molecule has 0 atom stereocenters. The van der Waals surface area contributed by atoms with Crippen molar-refractivity contribution < 1.29 is 0 Å². The SMILES string of the molecule is C/C(=C\Cl)SN(C)C. The van der Waals surface area contributed by atoms with Crippen LogP contribution >= 0.6 is 23.5 Å². The molecule has 0 aromatic carbocycles. The second-order valence-electron chi connectivity index (χ2n) is 1.62. The van der Waals surface area contributed by atoms with Gasteiger partial charge in [-0.15, -0.1) is 0 Å². The molecule has 0 saturated heterocycles. The zero-order valence-corrected chi connectivity index (χ0v) is 6.88. The van der Waals surface area contributed by atoms with Gasteiger partial charge in [-0.05, 0) is 33.0 Å². The number of hydrogen-bond acceptors (Lipinski definition) is 2. The van der Waals surface area contributed by atoms with Crippen molar-refractivity contribution in [3.63, 3.8) is 0 Å². The molecule has 3 heteroatoms. The van der Waals surface area contributed by atoms with Crippen molar-refractivity contribution in [2.24, 2.45) is 0 Å². The lowest BCUT2D eigenvalue weighted by Gasteiger charge is -2.05. The van der Waals surface area contributed by atoms with Gasteiger partial charge in [0.1, 0.15) is 0 Å². The van der Waals surface area contributed by atoms with Crippen LogP contribution in [0, 0.1) is 0 Å². The van der Waals surface area contributed by atoms with Crippen LogP contribution in [0.15, 0.2) is 10.4 Å². The summed E-state index contributed by atoms with van der Waals surface area (Å²) in [6.45, 7) is 1.97. The van der Waals surface area contributed by atoms with E-state index in [2.05, 4.69) is 0 Å². The highest BCUT2D eigenvalue weighted by molar-refractivity contribution is 8.00. The predicted octanol–water partition coefficient (Wildman–Crippen LogP) is 2.30. The van der Waals surface area contributed by atoms with Gasteiger partial charge in [0, 0.05) is 10.4 Å². The van der Waals surface area contributed by atoms with Gasteiger partial charge in [0.05, 0.1) is 0 Å². The molecule has 0 rings (SSSR count). The minimum absolute atomic E-state index is 1.11. The third-order valence-corrected chi connectivity index (χ3v) is 1.71. The van der Waals surface area contributed by atoms with Crippen LogP contribution in [0.25, 0.3) is 0 Å². The van der Waals surface area contributed by atoms with Crippen molar-refractivity contribution in [1.29, 1.82) is 0 Å². The summed E-state index contributed by atoms with van der Waals surface area (Å²) in [7, 11) is 3.96. The lowest BCUT2D eigenvalue weighted by molar-refractivity contribution is 0.706. The Bertz CT molecular complexity index is 90.4. The highest BCUT2D eigenvalue weighted by Gasteiger charge is 1.89. The maximum absolute atomic E-state index is 5.39. The molecule has 0 aromatic heterocycles. The Balaban J connectivity index is 3.39. The van der Waals surface area contributed by atoms with Crippen LogP contribution < -0.4 is 0 Å². The summed E-state index contributed by atoms with van der Waals surface area (Å²) in [6, 6.07) is 0. The van der Waals surface area contributed by atoms with Gasteiger partial charge in [0.25, 0.3) is 0 Å². The molecule has 0 fully saturated rings. The summed E-state index contributed by atoms with van der Waals surface area (Å²) < 4.78 is 1.99. The largest absolute Gasteiger partial charge is 0.253 e. The Labute approximate surface area is 59.8 Å². The van der Waals surface area contributed by atoms with E-state index < -0.39 is 0 Å². The van der Waals surface area contributed by atoms with Crippen LogP contribution in [-0.2, 0) is 0 Å². The zero-order valence-electron chi connectivity index (χ0n) is 5.31. The molecule has 0 unspecified atom stereocenters. The minimum Gasteiger partial charge on any atom is -0.253 e. The maximum atomic E-state index is 5.39. The second kappa shape index (κ2) is 4.24. The molecule has 0 aliphatic rings. The third-order valence-electron chi connectivity index (χ3n) is 0.480. The monoisotopic (exact) mass is 151 g/mol. The lowest BCUT2D eigenvalue weighted by Crippen LogP contribution is -1.97. The molecule has 0 amide bonds. The molecular formula is C5H10ClNS. The van der Waals surface area contributed by atoms with Gasteiger partial charge in [0.15, 0.2) is 0 Å². The molecule has 0 bridgehead atoms. The topological polar surface area (TPSA) is 3.24 Å². The Hall–Kier alpha value is 0.340. The molecule has 0 aliphatic heterocycles. The first-order valence-electron chi connectivity index (χ1n) is 2.29. The van der Waals surface area contributed by atoms with Crippen LogP contribution in [0.5, 0.6) is 0 Å². The lowest BCUT2D eigenvalue weighted by atomic mass is 10.8. The average molecular weight is 152 g/mol. The summed E-state index contributed by atoms with van der Waals surface area (Å²) in [5.41, 5.74) is 1.57. The van der Waals surface area contributed by atoms with E-state index in [-0.39, 0.29) is 0 Å². The van der Waals surface area contributed by atoms with Crippen LogP contribution in [0.3, 0.4) is 0 Å². The van der Waals surface area contributed by atoms with E-state index in [4.69, 9.17) is 11.6 Å². The standard InChI is InChI=1S/C5H10ClNS/c1-5(4-6)8-7(2)3/h4H,1-3H3/b5-4+. The van der Waals surface area contributed by atoms with Crippen molar-refractivity contribution in [2.45, 2.75) is 6.92 Å². The van der Waals surface area contributed by atoms with Crippen LogP contribution in [0.4, 0.5) is 0 Å². The van der Waals surface area contributed by atoms with Gasteiger partial charge in [-0.2, -0.15) is 0 Å². The summed E-state index contributed by atoms with van der Waals surface area (Å²) in [6.07, 6.45) is 0. The molecule has 8 heavy (non-hydrogen) atoms. The van der Waals surface area contributed by atoms with Crippen molar-refractivity contribution in [2.75, 3.05) is 14.1 Å². The Morgan fingerprint density at radius 3 is 2.25 bits per heavy atom. The summed E-state index contributed by atoms with van der Waals surface area (Å²) in [4.78, 5) is 1.11. The molecule has 0 heterocycles. The number of rotatable bonds is 2. The predicted molar refractivity (Wildman–Crippen MR) is 40.9 cm³/mol. The van der Waals surface area contributed by atoms with E-state index in [9.17, 15) is 0 Å². The molecule has 1 nitrogen and oxygen atoms in total. The van der Waals surface area contributed by atoms with E-state index in [0.717, 1.165) is 4.91 Å². The zero-order chi connectivity index (χ0) is 6.57. The first kappa shape index (κ1) is 8.34. The Morgan fingerprint density at radius 1 is 1.62 bits per heavy atom. The van der Waals surface area contributed by atoms with E-state index >= 15 is 0 Å². The summed E-state index contributed by atoms with van der Waals surface area (Å²) in [5, 5.41) is 0. The van der Waals surface area contributed by atoms with E-state index in [1.54, 1.807) is 17.5 Å². The van der Waals surface area contributed by atoms with Gasteiger partial charge in [-0.25, -0.2) is 0 Å². The van der Waals surface area contributed by atoms with Crippen molar-refractivity contribution in [3.8, 4) is 0 Å². The normalized spacial score (nSPS) is 12.9. The number of nitrogens with zero attached hydrogens (tertiary/aromatic N) is 1. The molecule has 0 spiro atoms. The Morgan fingerprint density at radius 2 is 2.12 bits per heavy atom. The highest BCUT2D eigenvalue weighted by Crippen LogP contribution is 2.16. The quantitative estimate of drug-likeness (QED) is 0.558. The van der Waals surface area contributed by atoms with Gasteiger partial charge in [-0.3, -0.25) is 4.31 Å². The molecular weight excluding hydrogens is 142 g/mol. The van der Waals surface area contributed by atoms with Gasteiger partial charge < -0.3 is 0 Å². The smallest absolute Gasteiger partial charge is 0.0148 e. The fraction of sp³-hybridized carbons (Fsp3) is 0.600. The average Bonchev–Trinajstić information content (AvgIpc) is 1.65. The summed E-state index contributed by atoms with van der Waals surface area (Å²) in [5.74, 6) is 0. The van der Waals surface area contributed by atoms with Crippen LogP contribution in [-0.4, -0.2) is 18.4 Å².